The predicted octanol–water partition coefficient (Wildman–Crippen LogP) is 1.21. The highest BCUT2D eigenvalue weighted by molar-refractivity contribution is 5.93. The van der Waals surface area contributed by atoms with Crippen LogP contribution in [0.4, 0.5) is 0 Å². The number of piperazine rings is 1. The van der Waals surface area contributed by atoms with Crippen LogP contribution in [0.15, 0.2) is 18.2 Å². The van der Waals surface area contributed by atoms with Gasteiger partial charge in [-0.05, 0) is 55.4 Å². The zero-order valence-corrected chi connectivity index (χ0v) is 18.4. The van der Waals surface area contributed by atoms with Crippen LogP contribution in [0.1, 0.15) is 60.1 Å². The fourth-order valence-corrected chi connectivity index (χ4v) is 6.21. The van der Waals surface area contributed by atoms with Gasteiger partial charge in [-0.15, -0.1) is 0 Å². The Morgan fingerprint density at radius 2 is 2.09 bits per heavy atom. The molecule has 2 unspecified atom stereocenters. The van der Waals surface area contributed by atoms with E-state index in [2.05, 4.69) is 15.9 Å². The minimum Gasteiger partial charge on any atom is -0.366 e. The summed E-state index contributed by atoms with van der Waals surface area (Å²) in [6.07, 6.45) is 4.14. The van der Waals surface area contributed by atoms with Crippen molar-refractivity contribution < 1.29 is 14.4 Å². The molecule has 2 bridgehead atoms. The van der Waals surface area contributed by atoms with Gasteiger partial charge in [0.15, 0.2) is 0 Å². The second-order valence-corrected chi connectivity index (χ2v) is 9.66. The number of rotatable bonds is 5. The number of nitriles is 1. The largest absolute Gasteiger partial charge is 0.366 e. The summed E-state index contributed by atoms with van der Waals surface area (Å²) in [5, 5.41) is 9.29. The van der Waals surface area contributed by atoms with E-state index < -0.39 is 5.91 Å². The van der Waals surface area contributed by atoms with Crippen molar-refractivity contribution in [1.29, 1.82) is 5.26 Å². The molecule has 8 heteroatoms. The molecule has 5 rings (SSSR count). The highest BCUT2D eigenvalue weighted by Gasteiger charge is 2.53. The van der Waals surface area contributed by atoms with Gasteiger partial charge < -0.3 is 15.5 Å². The number of aryl methyl sites for hydroxylation is 1. The standard InChI is InChI=1S/C24H29N5O3/c1-14(23(31)28-8-2-3-17(28)11-25)12-27-13-18-10-21(27)24(32)29(18)20-7-5-15-9-16(22(26)30)4-6-19(15)20/h4,6,9,14,17-18,20-21H,2-3,5,7-8,10,12-13H2,1H3,(H2,26,30)/t14-,17-,18?,20?,21-/m0/s1. The number of hydrogen-bond acceptors (Lipinski definition) is 5. The van der Waals surface area contributed by atoms with Crippen LogP contribution in [0.2, 0.25) is 0 Å². The van der Waals surface area contributed by atoms with Gasteiger partial charge in [-0.2, -0.15) is 5.26 Å². The summed E-state index contributed by atoms with van der Waals surface area (Å²) >= 11 is 0. The van der Waals surface area contributed by atoms with Gasteiger partial charge in [0.1, 0.15) is 6.04 Å². The smallest absolute Gasteiger partial charge is 0.248 e. The van der Waals surface area contributed by atoms with Crippen molar-refractivity contribution in [2.45, 2.75) is 63.2 Å². The first-order chi connectivity index (χ1) is 15.4. The Kier molecular flexibility index (Phi) is 5.17. The van der Waals surface area contributed by atoms with E-state index in [0.717, 1.165) is 49.8 Å². The first kappa shape index (κ1) is 21.0. The minimum absolute atomic E-state index is 0.0242. The summed E-state index contributed by atoms with van der Waals surface area (Å²) < 4.78 is 0. The first-order valence-corrected chi connectivity index (χ1v) is 11.6. The maximum Gasteiger partial charge on any atom is 0.248 e. The first-order valence-electron chi connectivity index (χ1n) is 11.6. The van der Waals surface area contributed by atoms with E-state index in [1.54, 1.807) is 11.0 Å². The minimum atomic E-state index is -0.429. The van der Waals surface area contributed by atoms with E-state index in [1.807, 2.05) is 19.1 Å². The number of fused-ring (bicyclic) bond motifs is 3. The molecule has 0 radical (unpaired) electrons. The third-order valence-corrected chi connectivity index (χ3v) is 7.74. The maximum absolute atomic E-state index is 13.3. The van der Waals surface area contributed by atoms with E-state index in [9.17, 15) is 19.6 Å². The molecule has 5 atom stereocenters. The molecule has 32 heavy (non-hydrogen) atoms. The second kappa shape index (κ2) is 7.89. The average Bonchev–Trinajstić information content (AvgIpc) is 3.55. The summed E-state index contributed by atoms with van der Waals surface area (Å²) in [7, 11) is 0. The summed E-state index contributed by atoms with van der Waals surface area (Å²) in [6, 6.07) is 7.53. The van der Waals surface area contributed by atoms with Crippen LogP contribution >= 0.6 is 0 Å². The number of benzene rings is 1. The van der Waals surface area contributed by atoms with Crippen molar-refractivity contribution in [1.82, 2.24) is 14.7 Å². The van der Waals surface area contributed by atoms with E-state index in [1.165, 1.54) is 0 Å². The van der Waals surface area contributed by atoms with Crippen LogP contribution in [-0.2, 0) is 16.0 Å². The lowest BCUT2D eigenvalue weighted by atomic mass is 10.0. The highest BCUT2D eigenvalue weighted by Crippen LogP contribution is 2.44. The van der Waals surface area contributed by atoms with Crippen LogP contribution in [0.5, 0.6) is 0 Å². The quantitative estimate of drug-likeness (QED) is 0.747. The Morgan fingerprint density at radius 3 is 2.81 bits per heavy atom. The third-order valence-electron chi connectivity index (χ3n) is 7.74. The summed E-state index contributed by atoms with van der Waals surface area (Å²) in [5.41, 5.74) is 8.16. The molecule has 4 aliphatic rings. The lowest BCUT2D eigenvalue weighted by Gasteiger charge is -2.38. The lowest BCUT2D eigenvalue weighted by Crippen LogP contribution is -2.53. The Hall–Kier alpha value is -2.92. The molecule has 1 aromatic rings. The van der Waals surface area contributed by atoms with Crippen molar-refractivity contribution >= 4 is 17.7 Å². The SMILES string of the molecule is C[C@@H](CN1CC2C[C@H]1C(=O)N2C1CCc2cc(C(N)=O)ccc21)C(=O)N1CCC[C@H]1C#N. The molecule has 3 saturated heterocycles. The molecular formula is C24H29N5O3. The molecule has 0 spiro atoms. The molecule has 1 aromatic carbocycles. The van der Waals surface area contributed by atoms with Crippen LogP contribution in [0.25, 0.3) is 0 Å². The number of carbonyl (C=O) groups is 3. The van der Waals surface area contributed by atoms with Crippen molar-refractivity contribution in [2.24, 2.45) is 11.7 Å². The number of primary amides is 1. The van der Waals surface area contributed by atoms with Gasteiger partial charge >= 0.3 is 0 Å². The van der Waals surface area contributed by atoms with Gasteiger partial charge in [-0.25, -0.2) is 0 Å². The van der Waals surface area contributed by atoms with Crippen molar-refractivity contribution in [3.63, 3.8) is 0 Å². The van der Waals surface area contributed by atoms with E-state index in [4.69, 9.17) is 5.73 Å². The molecule has 3 amide bonds. The van der Waals surface area contributed by atoms with Gasteiger partial charge in [-0.1, -0.05) is 13.0 Å². The van der Waals surface area contributed by atoms with Crippen molar-refractivity contribution in [3.05, 3.63) is 34.9 Å². The van der Waals surface area contributed by atoms with Gasteiger partial charge in [0.25, 0.3) is 0 Å². The molecule has 3 aliphatic heterocycles. The molecule has 0 aromatic heterocycles. The second-order valence-electron chi connectivity index (χ2n) is 9.66. The van der Waals surface area contributed by atoms with E-state index in [0.29, 0.717) is 18.7 Å². The van der Waals surface area contributed by atoms with Crippen molar-refractivity contribution in [2.75, 3.05) is 19.6 Å². The number of hydrogen-bond donors (Lipinski definition) is 1. The predicted molar refractivity (Wildman–Crippen MR) is 116 cm³/mol. The Balaban J connectivity index is 1.25. The van der Waals surface area contributed by atoms with Gasteiger partial charge in [0.2, 0.25) is 17.7 Å². The summed E-state index contributed by atoms with van der Waals surface area (Å²) in [5.74, 6) is -0.490. The molecule has 8 nitrogen and oxygen atoms in total. The van der Waals surface area contributed by atoms with Gasteiger partial charge in [-0.3, -0.25) is 19.3 Å². The fraction of sp³-hybridized carbons (Fsp3) is 0.583. The number of amides is 3. The Morgan fingerprint density at radius 1 is 1.28 bits per heavy atom. The monoisotopic (exact) mass is 435 g/mol. The molecular weight excluding hydrogens is 406 g/mol. The molecule has 1 aliphatic carbocycles. The van der Waals surface area contributed by atoms with Crippen LogP contribution in [0.3, 0.4) is 0 Å². The third kappa shape index (κ3) is 3.27. The Bertz CT molecular complexity index is 1020. The summed E-state index contributed by atoms with van der Waals surface area (Å²) in [4.78, 5) is 43.6. The molecule has 2 N–H and O–H groups in total. The summed E-state index contributed by atoms with van der Waals surface area (Å²) in [6.45, 7) is 3.89. The normalized spacial score (nSPS) is 29.9. The fourth-order valence-electron chi connectivity index (χ4n) is 6.21. The molecule has 3 heterocycles. The number of likely N-dealkylation sites (tertiary alicyclic amines) is 3. The highest BCUT2D eigenvalue weighted by atomic mass is 16.2. The van der Waals surface area contributed by atoms with Crippen molar-refractivity contribution in [3.8, 4) is 6.07 Å². The van der Waals surface area contributed by atoms with Gasteiger partial charge in [0, 0.05) is 37.2 Å². The molecule has 3 fully saturated rings. The maximum atomic E-state index is 13.3. The zero-order valence-electron chi connectivity index (χ0n) is 18.4. The number of carbonyl (C=O) groups excluding carboxylic acids is 3. The average molecular weight is 436 g/mol. The van der Waals surface area contributed by atoms with Crippen LogP contribution < -0.4 is 5.73 Å². The lowest BCUT2D eigenvalue weighted by molar-refractivity contribution is -0.142. The topological polar surface area (TPSA) is 111 Å². The zero-order chi connectivity index (χ0) is 22.6. The molecule has 168 valence electrons. The molecule has 0 saturated carbocycles. The van der Waals surface area contributed by atoms with E-state index >= 15 is 0 Å². The number of nitrogens with two attached hydrogens (primary N) is 1. The van der Waals surface area contributed by atoms with Gasteiger partial charge in [0.05, 0.1) is 18.2 Å². The van der Waals surface area contributed by atoms with Crippen LogP contribution in [0, 0.1) is 17.2 Å². The van der Waals surface area contributed by atoms with Crippen LogP contribution in [-0.4, -0.2) is 70.2 Å². The Labute approximate surface area is 187 Å². The van der Waals surface area contributed by atoms with E-state index in [-0.39, 0.29) is 41.9 Å². The number of nitrogens with zero attached hydrogens (tertiary/aromatic N) is 4.